The highest BCUT2D eigenvalue weighted by Crippen LogP contribution is 2.34. The number of fused-ring (bicyclic) bond motifs is 1. The first-order valence-electron chi connectivity index (χ1n) is 10.8. The fraction of sp³-hybridized carbons (Fsp3) is 0.292. The molecule has 1 saturated heterocycles. The number of carbonyl (C=O) groups excluding carboxylic acids is 2. The molecule has 10 heteroatoms. The molecule has 1 unspecified atom stereocenters. The molecule has 0 saturated carbocycles. The second-order valence-electron chi connectivity index (χ2n) is 8.49. The third-order valence-corrected chi connectivity index (χ3v) is 6.26. The predicted molar refractivity (Wildman–Crippen MR) is 115 cm³/mol. The largest absolute Gasteiger partial charge is 0.573 e. The molecule has 1 aliphatic carbocycles. The molecule has 5 rings (SSSR count). The van der Waals surface area contributed by atoms with Crippen LogP contribution in [0.1, 0.15) is 35.9 Å². The molecule has 2 aliphatic rings. The number of alkyl halides is 3. The number of nitrogens with one attached hydrogen (secondary N) is 1. The van der Waals surface area contributed by atoms with Gasteiger partial charge >= 0.3 is 12.4 Å². The number of benzene rings is 2. The molecule has 1 aromatic heterocycles. The van der Waals surface area contributed by atoms with Crippen LogP contribution in [-0.2, 0) is 29.7 Å². The molecule has 0 spiro atoms. The lowest BCUT2D eigenvalue weighted by atomic mass is 9.92. The number of carbonyl (C=O) groups is 2. The summed E-state index contributed by atoms with van der Waals surface area (Å²) in [4.78, 5) is 27.2. The summed E-state index contributed by atoms with van der Waals surface area (Å²) in [5.41, 5.74) is 2.64. The summed E-state index contributed by atoms with van der Waals surface area (Å²) in [6.07, 6.45) is -2.17. The number of hydrogen-bond acceptors (Lipinski definition) is 4. The van der Waals surface area contributed by atoms with Crippen LogP contribution in [-0.4, -0.2) is 33.0 Å². The van der Waals surface area contributed by atoms with Gasteiger partial charge in [0.25, 0.3) is 5.91 Å². The molecule has 0 bridgehead atoms. The molecule has 2 aromatic carbocycles. The summed E-state index contributed by atoms with van der Waals surface area (Å²) < 4.78 is 43.1. The summed E-state index contributed by atoms with van der Waals surface area (Å²) in [6, 6.07) is 14.0. The number of halogens is 3. The van der Waals surface area contributed by atoms with E-state index < -0.39 is 29.6 Å². The van der Waals surface area contributed by atoms with Crippen LogP contribution in [0.3, 0.4) is 0 Å². The maximum absolute atomic E-state index is 13.3. The Morgan fingerprint density at radius 2 is 1.76 bits per heavy atom. The van der Waals surface area contributed by atoms with Gasteiger partial charge in [-0.25, -0.2) is 9.48 Å². The number of amides is 3. The maximum atomic E-state index is 13.3. The molecule has 1 atom stereocenters. The van der Waals surface area contributed by atoms with E-state index in [0.717, 1.165) is 53.2 Å². The lowest BCUT2D eigenvalue weighted by Crippen LogP contribution is -2.40. The van der Waals surface area contributed by atoms with E-state index in [-0.39, 0.29) is 6.54 Å². The Labute approximate surface area is 193 Å². The number of para-hydroxylation sites is 1. The quantitative estimate of drug-likeness (QED) is 0.567. The summed E-state index contributed by atoms with van der Waals surface area (Å²) in [7, 11) is 0. The highest BCUT2D eigenvalue weighted by molar-refractivity contribution is 6.07. The first kappa shape index (κ1) is 22.0. The van der Waals surface area contributed by atoms with Gasteiger partial charge in [0.1, 0.15) is 11.3 Å². The lowest BCUT2D eigenvalue weighted by molar-refractivity contribution is -0.274. The number of ether oxygens (including phenoxy) is 1. The molecule has 3 aromatic rings. The molecule has 34 heavy (non-hydrogen) atoms. The Bertz CT molecular complexity index is 1250. The number of aromatic nitrogens is 2. The third-order valence-electron chi connectivity index (χ3n) is 6.26. The highest BCUT2D eigenvalue weighted by atomic mass is 19.4. The van der Waals surface area contributed by atoms with Crippen molar-refractivity contribution in [2.75, 3.05) is 0 Å². The van der Waals surface area contributed by atoms with E-state index in [2.05, 4.69) is 10.1 Å². The fourth-order valence-electron chi connectivity index (χ4n) is 4.60. The Balaban J connectivity index is 1.41. The Hall–Kier alpha value is -3.82. The van der Waals surface area contributed by atoms with E-state index in [9.17, 15) is 22.8 Å². The fourth-order valence-corrected chi connectivity index (χ4v) is 4.60. The van der Waals surface area contributed by atoms with Gasteiger partial charge in [-0.15, -0.1) is 13.2 Å². The highest BCUT2D eigenvalue weighted by Gasteiger charge is 2.49. The standard InChI is InChI=1S/C24H21F3N4O3/c1-23(15-10-12-17(13-11-15)34-24(25,26)27)21(32)30(22(33)28-23)14-19-18-8-5-9-20(18)31(29-19)16-6-3-2-4-7-16/h2-4,6-7,10-13H,5,8-9,14H2,1H3,(H,28,33). The van der Waals surface area contributed by atoms with Crippen LogP contribution in [0.15, 0.2) is 54.6 Å². The van der Waals surface area contributed by atoms with Gasteiger partial charge in [-0.1, -0.05) is 30.3 Å². The van der Waals surface area contributed by atoms with Gasteiger partial charge in [0.05, 0.1) is 17.9 Å². The summed E-state index contributed by atoms with van der Waals surface area (Å²) >= 11 is 0. The van der Waals surface area contributed by atoms with Crippen molar-refractivity contribution < 1.29 is 27.5 Å². The van der Waals surface area contributed by atoms with Gasteiger partial charge in [0, 0.05) is 5.69 Å². The molecular formula is C24H21F3N4O3. The number of rotatable bonds is 5. The molecule has 2 heterocycles. The zero-order valence-corrected chi connectivity index (χ0v) is 18.2. The Morgan fingerprint density at radius 1 is 1.06 bits per heavy atom. The second kappa shape index (κ2) is 7.89. The molecule has 0 radical (unpaired) electrons. The SMILES string of the molecule is CC1(c2ccc(OC(F)(F)F)cc2)NC(=O)N(Cc2nn(-c3ccccc3)c3c2CCC3)C1=O. The van der Waals surface area contributed by atoms with Gasteiger partial charge in [0.2, 0.25) is 0 Å². The normalized spacial score (nSPS) is 19.9. The van der Waals surface area contributed by atoms with Crippen molar-refractivity contribution >= 4 is 11.9 Å². The van der Waals surface area contributed by atoms with E-state index in [0.29, 0.717) is 11.3 Å². The van der Waals surface area contributed by atoms with Crippen molar-refractivity contribution in [3.63, 3.8) is 0 Å². The number of urea groups is 1. The summed E-state index contributed by atoms with van der Waals surface area (Å²) in [6.45, 7) is 1.54. The Morgan fingerprint density at radius 3 is 2.44 bits per heavy atom. The molecule has 1 N–H and O–H groups in total. The van der Waals surface area contributed by atoms with Crippen LogP contribution in [0.4, 0.5) is 18.0 Å². The monoisotopic (exact) mass is 470 g/mol. The van der Waals surface area contributed by atoms with E-state index in [1.807, 2.05) is 35.0 Å². The zero-order valence-electron chi connectivity index (χ0n) is 18.2. The van der Waals surface area contributed by atoms with Crippen molar-refractivity contribution in [3.8, 4) is 11.4 Å². The predicted octanol–water partition coefficient (Wildman–Crippen LogP) is 4.23. The lowest BCUT2D eigenvalue weighted by Gasteiger charge is -2.22. The van der Waals surface area contributed by atoms with Crippen LogP contribution in [0.2, 0.25) is 0 Å². The third kappa shape index (κ3) is 3.78. The molecular weight excluding hydrogens is 449 g/mol. The van der Waals surface area contributed by atoms with Gasteiger partial charge in [-0.05, 0) is 61.6 Å². The van der Waals surface area contributed by atoms with Crippen LogP contribution >= 0.6 is 0 Å². The maximum Gasteiger partial charge on any atom is 0.573 e. The average molecular weight is 470 g/mol. The van der Waals surface area contributed by atoms with Crippen LogP contribution in [0, 0.1) is 0 Å². The molecule has 1 fully saturated rings. The van der Waals surface area contributed by atoms with E-state index in [1.54, 1.807) is 0 Å². The zero-order chi connectivity index (χ0) is 24.1. The van der Waals surface area contributed by atoms with Gasteiger partial charge < -0.3 is 10.1 Å². The van der Waals surface area contributed by atoms with Crippen molar-refractivity contribution in [2.45, 2.75) is 44.6 Å². The van der Waals surface area contributed by atoms with Crippen LogP contribution in [0.25, 0.3) is 5.69 Å². The number of imide groups is 1. The smallest absolute Gasteiger partial charge is 0.406 e. The molecule has 7 nitrogen and oxygen atoms in total. The molecule has 176 valence electrons. The molecule has 3 amide bonds. The van der Waals surface area contributed by atoms with Crippen LogP contribution < -0.4 is 10.1 Å². The minimum atomic E-state index is -4.82. The second-order valence-corrected chi connectivity index (χ2v) is 8.49. The van der Waals surface area contributed by atoms with E-state index >= 15 is 0 Å². The van der Waals surface area contributed by atoms with Crippen molar-refractivity contribution in [1.82, 2.24) is 20.0 Å². The van der Waals surface area contributed by atoms with Crippen molar-refractivity contribution in [3.05, 3.63) is 77.1 Å². The van der Waals surface area contributed by atoms with Gasteiger partial charge in [-0.2, -0.15) is 5.10 Å². The van der Waals surface area contributed by atoms with Crippen molar-refractivity contribution in [1.29, 1.82) is 0 Å². The van der Waals surface area contributed by atoms with Gasteiger partial charge in [-0.3, -0.25) is 9.69 Å². The first-order valence-corrected chi connectivity index (χ1v) is 10.8. The van der Waals surface area contributed by atoms with Crippen molar-refractivity contribution in [2.24, 2.45) is 0 Å². The minimum Gasteiger partial charge on any atom is -0.406 e. The average Bonchev–Trinajstić information content (AvgIpc) is 3.45. The molecule has 1 aliphatic heterocycles. The number of nitrogens with zero attached hydrogens (tertiary/aromatic N) is 3. The van der Waals surface area contributed by atoms with Crippen LogP contribution in [0.5, 0.6) is 5.75 Å². The Kier molecular flexibility index (Phi) is 5.11. The van der Waals surface area contributed by atoms with E-state index in [4.69, 9.17) is 5.10 Å². The minimum absolute atomic E-state index is 0.0116. The topological polar surface area (TPSA) is 76.5 Å². The van der Waals surface area contributed by atoms with E-state index in [1.165, 1.54) is 19.1 Å². The summed E-state index contributed by atoms with van der Waals surface area (Å²) in [5, 5.41) is 7.40. The van der Waals surface area contributed by atoms with Gasteiger partial charge in [0.15, 0.2) is 0 Å². The summed E-state index contributed by atoms with van der Waals surface area (Å²) in [5.74, 6) is -0.904. The first-order chi connectivity index (χ1) is 16.2. The number of hydrogen-bond donors (Lipinski definition) is 1.